The molecule has 28 heavy (non-hydrogen) atoms. The minimum Gasteiger partial charge on any atom is -0.350 e. The van der Waals surface area contributed by atoms with Crippen molar-refractivity contribution in [3.05, 3.63) is 89.0 Å². The van der Waals surface area contributed by atoms with Crippen molar-refractivity contribution in [3.63, 3.8) is 0 Å². The van der Waals surface area contributed by atoms with Crippen LogP contribution in [0.1, 0.15) is 28.3 Å². The highest BCUT2D eigenvalue weighted by molar-refractivity contribution is 5.37. The summed E-state index contributed by atoms with van der Waals surface area (Å²) in [4.78, 5) is 11.8. The minimum atomic E-state index is -0.178. The van der Waals surface area contributed by atoms with Crippen LogP contribution in [0.25, 0.3) is 0 Å². The number of hydrogen-bond acceptors (Lipinski definition) is 4. The number of likely N-dealkylation sites (tertiary alicyclic amines) is 1. The molecule has 2 aromatic carbocycles. The van der Waals surface area contributed by atoms with Crippen molar-refractivity contribution in [1.82, 2.24) is 14.9 Å². The maximum atomic E-state index is 13.1. The molecule has 1 N–H and O–H groups in total. The van der Waals surface area contributed by atoms with Gasteiger partial charge in [-0.25, -0.2) is 14.4 Å². The average molecular weight is 374 g/mol. The molecule has 3 aromatic rings. The number of nitrogens with one attached hydrogen (secondary N) is 1. The topological polar surface area (TPSA) is 41.1 Å². The highest BCUT2D eigenvalue weighted by atomic mass is 19.1. The number of halogens is 1. The molecule has 2 heterocycles. The number of anilines is 1. The van der Waals surface area contributed by atoms with Gasteiger partial charge in [0.05, 0.1) is 5.69 Å². The predicted octanol–water partition coefficient (Wildman–Crippen LogP) is 4.00. The van der Waals surface area contributed by atoms with Gasteiger partial charge in [-0.2, -0.15) is 0 Å². The molecular formula is C23H23FN4. The van der Waals surface area contributed by atoms with Gasteiger partial charge >= 0.3 is 0 Å². The third-order valence-electron chi connectivity index (χ3n) is 5.86. The summed E-state index contributed by atoms with van der Waals surface area (Å²) in [6.45, 7) is 3.66. The van der Waals surface area contributed by atoms with Crippen LogP contribution in [-0.4, -0.2) is 28.0 Å². The summed E-state index contributed by atoms with van der Waals surface area (Å²) in [5.74, 6) is 1.60. The van der Waals surface area contributed by atoms with Crippen LogP contribution in [0, 0.1) is 11.7 Å². The van der Waals surface area contributed by atoms with Gasteiger partial charge in [0, 0.05) is 38.3 Å². The molecule has 0 amide bonds. The molecule has 1 aromatic heterocycles. The summed E-state index contributed by atoms with van der Waals surface area (Å²) in [6, 6.07) is 17.1. The van der Waals surface area contributed by atoms with E-state index in [2.05, 4.69) is 27.3 Å². The van der Waals surface area contributed by atoms with E-state index in [9.17, 15) is 4.39 Å². The highest BCUT2D eigenvalue weighted by Crippen LogP contribution is 2.42. The van der Waals surface area contributed by atoms with Crippen LogP contribution in [0.3, 0.4) is 0 Å². The fraction of sp³-hybridized carbons (Fsp3) is 0.304. The lowest BCUT2D eigenvalue weighted by molar-refractivity contribution is 0.313. The van der Waals surface area contributed by atoms with E-state index in [1.54, 1.807) is 12.1 Å². The van der Waals surface area contributed by atoms with Gasteiger partial charge in [0.2, 0.25) is 5.95 Å². The third-order valence-corrected chi connectivity index (χ3v) is 5.86. The van der Waals surface area contributed by atoms with Gasteiger partial charge in [-0.15, -0.1) is 0 Å². The first kappa shape index (κ1) is 17.3. The summed E-state index contributed by atoms with van der Waals surface area (Å²) in [6.07, 6.45) is 3.05. The second-order valence-electron chi connectivity index (χ2n) is 7.83. The Balaban J connectivity index is 1.26. The Morgan fingerprint density at radius 1 is 1.00 bits per heavy atom. The molecule has 0 bridgehead atoms. The van der Waals surface area contributed by atoms with Gasteiger partial charge in [-0.05, 0) is 41.2 Å². The maximum Gasteiger partial charge on any atom is 0.223 e. The Bertz CT molecular complexity index is 958. The van der Waals surface area contributed by atoms with E-state index >= 15 is 0 Å². The summed E-state index contributed by atoms with van der Waals surface area (Å²) in [7, 11) is 0. The Morgan fingerprint density at radius 2 is 1.82 bits per heavy atom. The van der Waals surface area contributed by atoms with Crippen LogP contribution < -0.4 is 5.32 Å². The molecular weight excluding hydrogens is 351 g/mol. The first-order valence-corrected chi connectivity index (χ1v) is 9.85. The number of benzene rings is 2. The molecule has 1 aliphatic carbocycles. The quantitative estimate of drug-likeness (QED) is 0.733. The number of rotatable bonds is 5. The van der Waals surface area contributed by atoms with Gasteiger partial charge in [0.15, 0.2) is 0 Å². The zero-order valence-electron chi connectivity index (χ0n) is 15.7. The van der Waals surface area contributed by atoms with Crippen molar-refractivity contribution >= 4 is 5.95 Å². The number of nitrogens with zero attached hydrogens (tertiary/aromatic N) is 3. The molecule has 0 unspecified atom stereocenters. The van der Waals surface area contributed by atoms with Gasteiger partial charge in [-0.1, -0.05) is 42.5 Å². The molecule has 2 aliphatic rings. The summed E-state index contributed by atoms with van der Waals surface area (Å²) in [5.41, 5.74) is 4.88. The third kappa shape index (κ3) is 3.50. The maximum absolute atomic E-state index is 13.1. The normalized spacial score (nSPS) is 20.8. The smallest absolute Gasteiger partial charge is 0.223 e. The van der Waals surface area contributed by atoms with Crippen LogP contribution in [0.5, 0.6) is 0 Å². The SMILES string of the molecule is Fc1ccc(CN2C[C@H]3Cc4cnc(NCc5ccccc5)nc4[C@H]3C2)cc1. The monoisotopic (exact) mass is 374 g/mol. The molecule has 0 saturated carbocycles. The van der Waals surface area contributed by atoms with E-state index in [4.69, 9.17) is 4.98 Å². The van der Waals surface area contributed by atoms with Crippen molar-refractivity contribution < 1.29 is 4.39 Å². The van der Waals surface area contributed by atoms with Crippen molar-refractivity contribution in [2.75, 3.05) is 18.4 Å². The number of fused-ring (bicyclic) bond motifs is 3. The van der Waals surface area contributed by atoms with Crippen LogP contribution in [0.15, 0.2) is 60.8 Å². The second-order valence-corrected chi connectivity index (χ2v) is 7.83. The molecule has 1 fully saturated rings. The largest absolute Gasteiger partial charge is 0.350 e. The van der Waals surface area contributed by atoms with Crippen LogP contribution in [0.4, 0.5) is 10.3 Å². The van der Waals surface area contributed by atoms with E-state index in [0.29, 0.717) is 17.8 Å². The van der Waals surface area contributed by atoms with Gasteiger partial charge in [-0.3, -0.25) is 4.90 Å². The zero-order valence-corrected chi connectivity index (χ0v) is 15.7. The van der Waals surface area contributed by atoms with E-state index in [1.807, 2.05) is 36.5 Å². The van der Waals surface area contributed by atoms with Crippen molar-refractivity contribution in [3.8, 4) is 0 Å². The fourth-order valence-corrected chi connectivity index (χ4v) is 4.50. The van der Waals surface area contributed by atoms with Gasteiger partial charge < -0.3 is 5.32 Å². The molecule has 4 nitrogen and oxygen atoms in total. The number of aromatic nitrogens is 2. The Hall–Kier alpha value is -2.79. The zero-order chi connectivity index (χ0) is 18.9. The Labute approximate surface area is 164 Å². The number of hydrogen-bond donors (Lipinski definition) is 1. The second kappa shape index (κ2) is 7.32. The van der Waals surface area contributed by atoms with Crippen molar-refractivity contribution in [1.29, 1.82) is 0 Å². The molecule has 142 valence electrons. The van der Waals surface area contributed by atoms with E-state index in [-0.39, 0.29) is 5.82 Å². The standard InChI is InChI=1S/C23H23FN4/c24-20-8-6-17(7-9-20)13-28-14-19-10-18-12-26-23(27-22(18)21(19)15-28)25-11-16-4-2-1-3-5-16/h1-9,12,19,21H,10-11,13-15H2,(H,25,26,27)/t19-,21+/m1/s1. The van der Waals surface area contributed by atoms with Crippen LogP contribution in [-0.2, 0) is 19.5 Å². The molecule has 1 aliphatic heterocycles. The lowest BCUT2D eigenvalue weighted by atomic mass is 9.99. The first-order valence-electron chi connectivity index (χ1n) is 9.85. The summed E-state index contributed by atoms with van der Waals surface area (Å²) < 4.78 is 13.1. The first-order chi connectivity index (χ1) is 13.7. The van der Waals surface area contributed by atoms with Gasteiger partial charge in [0.25, 0.3) is 0 Å². The summed E-state index contributed by atoms with van der Waals surface area (Å²) in [5, 5.41) is 3.36. The van der Waals surface area contributed by atoms with Crippen molar-refractivity contribution in [2.24, 2.45) is 5.92 Å². The lowest BCUT2D eigenvalue weighted by Gasteiger charge is -2.17. The van der Waals surface area contributed by atoms with E-state index in [0.717, 1.165) is 38.2 Å². The van der Waals surface area contributed by atoms with Crippen LogP contribution in [0.2, 0.25) is 0 Å². The molecule has 1 saturated heterocycles. The Kier molecular flexibility index (Phi) is 4.53. The molecule has 5 heteroatoms. The predicted molar refractivity (Wildman–Crippen MR) is 107 cm³/mol. The van der Waals surface area contributed by atoms with Crippen LogP contribution >= 0.6 is 0 Å². The minimum absolute atomic E-state index is 0.178. The average Bonchev–Trinajstić information content (AvgIpc) is 3.26. The molecule has 0 radical (unpaired) electrons. The van der Waals surface area contributed by atoms with E-state index < -0.39 is 0 Å². The van der Waals surface area contributed by atoms with E-state index in [1.165, 1.54) is 16.8 Å². The fourth-order valence-electron chi connectivity index (χ4n) is 4.50. The van der Waals surface area contributed by atoms with Gasteiger partial charge in [0.1, 0.15) is 5.82 Å². The van der Waals surface area contributed by atoms with Crippen molar-refractivity contribution in [2.45, 2.75) is 25.4 Å². The summed E-state index contributed by atoms with van der Waals surface area (Å²) >= 11 is 0. The molecule has 2 atom stereocenters. The lowest BCUT2D eigenvalue weighted by Crippen LogP contribution is -2.21. The highest BCUT2D eigenvalue weighted by Gasteiger charge is 2.41. The molecule has 5 rings (SSSR count). The molecule has 0 spiro atoms. The Morgan fingerprint density at radius 3 is 2.64 bits per heavy atom.